The van der Waals surface area contributed by atoms with E-state index in [0.717, 1.165) is 54.3 Å². The molecule has 0 bridgehead atoms. The van der Waals surface area contributed by atoms with Crippen LogP contribution in [0.4, 0.5) is 0 Å². The lowest BCUT2D eigenvalue weighted by atomic mass is 10.0. The molecule has 1 aromatic carbocycles. The molecule has 1 aliphatic rings. The number of likely N-dealkylation sites (N-methyl/N-ethyl adjacent to an activating group) is 1. The van der Waals surface area contributed by atoms with Gasteiger partial charge in [0.1, 0.15) is 11.4 Å². The van der Waals surface area contributed by atoms with Gasteiger partial charge in [-0.25, -0.2) is 4.52 Å². The van der Waals surface area contributed by atoms with Crippen LogP contribution in [0.1, 0.15) is 21.5 Å². The van der Waals surface area contributed by atoms with E-state index in [1.807, 2.05) is 40.2 Å². The van der Waals surface area contributed by atoms with Crippen LogP contribution in [-0.4, -0.2) is 58.4 Å². The van der Waals surface area contributed by atoms with Crippen LogP contribution in [0, 0.1) is 6.92 Å². The Bertz CT molecular complexity index is 1200. The number of ether oxygens (including phenoxy) is 1. The fourth-order valence-electron chi connectivity index (χ4n) is 4.35. The number of benzene rings is 1. The van der Waals surface area contributed by atoms with Gasteiger partial charge in [0.15, 0.2) is 0 Å². The largest absolute Gasteiger partial charge is 0.496 e. The van der Waals surface area contributed by atoms with Crippen molar-refractivity contribution in [2.45, 2.75) is 19.5 Å². The number of hydrogen-bond donors (Lipinski definition) is 0. The average molecular weight is 434 g/mol. The maximum atomic E-state index is 5.53. The third-order valence-electron chi connectivity index (χ3n) is 6.08. The Morgan fingerprint density at radius 3 is 2.77 bits per heavy atom. The van der Waals surface area contributed by atoms with Crippen molar-refractivity contribution in [1.29, 1.82) is 0 Å². The number of pyridine rings is 1. The second kappa shape index (κ2) is 8.42. The zero-order chi connectivity index (χ0) is 21.4. The molecule has 0 N–H and O–H groups in total. The normalized spacial score (nSPS) is 18.0. The number of thiophene rings is 1. The first-order valence-corrected chi connectivity index (χ1v) is 11.4. The van der Waals surface area contributed by atoms with Crippen LogP contribution >= 0.6 is 11.3 Å². The number of piperazine rings is 1. The van der Waals surface area contributed by atoms with E-state index in [0.29, 0.717) is 0 Å². The Hall–Kier alpha value is -2.74. The standard InChI is InChI=1S/C24H27N5OS/c1-17-8-10-19(31-17)15-28-13-12-27(2)22(16-28)24-21-11-9-18(14-29(21)26-25-24)20-6-4-5-7-23(20)30-3/h4-11,14,22H,12-13,15-16H2,1-3H3/t22-/m0/s1. The van der Waals surface area contributed by atoms with Crippen molar-refractivity contribution in [3.63, 3.8) is 0 Å². The van der Waals surface area contributed by atoms with Gasteiger partial charge in [0.25, 0.3) is 0 Å². The Kier molecular flexibility index (Phi) is 5.48. The zero-order valence-electron chi connectivity index (χ0n) is 18.2. The summed E-state index contributed by atoms with van der Waals surface area (Å²) in [5.74, 6) is 0.855. The highest BCUT2D eigenvalue weighted by Crippen LogP contribution is 2.32. The molecule has 0 radical (unpaired) electrons. The molecule has 1 fully saturated rings. The van der Waals surface area contributed by atoms with Gasteiger partial charge in [-0.05, 0) is 38.2 Å². The molecule has 5 rings (SSSR count). The highest BCUT2D eigenvalue weighted by Gasteiger charge is 2.29. The molecule has 0 unspecified atom stereocenters. The van der Waals surface area contributed by atoms with E-state index in [2.05, 4.69) is 64.4 Å². The molecule has 1 atom stereocenters. The van der Waals surface area contributed by atoms with Gasteiger partial charge in [0.2, 0.25) is 0 Å². The summed E-state index contributed by atoms with van der Waals surface area (Å²) in [7, 11) is 3.89. The van der Waals surface area contributed by atoms with E-state index in [9.17, 15) is 0 Å². The number of fused-ring (bicyclic) bond motifs is 1. The van der Waals surface area contributed by atoms with Crippen LogP contribution in [0.15, 0.2) is 54.7 Å². The molecule has 4 aromatic rings. The van der Waals surface area contributed by atoms with Crippen LogP contribution in [0.25, 0.3) is 16.6 Å². The Morgan fingerprint density at radius 2 is 1.97 bits per heavy atom. The minimum absolute atomic E-state index is 0.226. The molecule has 0 amide bonds. The van der Waals surface area contributed by atoms with Gasteiger partial charge in [-0.15, -0.1) is 16.4 Å². The summed E-state index contributed by atoms with van der Waals surface area (Å²) in [4.78, 5) is 7.73. The predicted octanol–water partition coefficient (Wildman–Crippen LogP) is 4.26. The van der Waals surface area contributed by atoms with Crippen LogP contribution in [0.5, 0.6) is 5.75 Å². The summed E-state index contributed by atoms with van der Waals surface area (Å²) >= 11 is 1.89. The first kappa shape index (κ1) is 20.2. The topological polar surface area (TPSA) is 45.9 Å². The third-order valence-corrected chi connectivity index (χ3v) is 7.07. The molecular weight excluding hydrogens is 406 g/mol. The van der Waals surface area contributed by atoms with E-state index < -0.39 is 0 Å². The first-order chi connectivity index (χ1) is 15.1. The number of methoxy groups -OCH3 is 1. The fraction of sp³-hybridized carbons (Fsp3) is 0.333. The molecule has 0 spiro atoms. The number of para-hydroxylation sites is 1. The average Bonchev–Trinajstić information content (AvgIpc) is 3.40. The third kappa shape index (κ3) is 3.96. The van der Waals surface area contributed by atoms with E-state index in [1.54, 1.807) is 7.11 Å². The Labute approximate surface area is 186 Å². The second-order valence-corrected chi connectivity index (χ2v) is 9.54. The summed E-state index contributed by atoms with van der Waals surface area (Å²) in [6.07, 6.45) is 2.04. The van der Waals surface area contributed by atoms with Gasteiger partial charge in [0, 0.05) is 53.3 Å². The van der Waals surface area contributed by atoms with Crippen LogP contribution < -0.4 is 4.74 Å². The van der Waals surface area contributed by atoms with Gasteiger partial charge in [-0.2, -0.15) is 0 Å². The number of aryl methyl sites for hydroxylation is 1. The fourth-order valence-corrected chi connectivity index (χ4v) is 5.29. The molecule has 1 aliphatic heterocycles. The summed E-state index contributed by atoms with van der Waals surface area (Å²) in [5.41, 5.74) is 4.22. The summed E-state index contributed by atoms with van der Waals surface area (Å²) in [6, 6.07) is 17.0. The molecule has 3 aromatic heterocycles. The summed E-state index contributed by atoms with van der Waals surface area (Å²) in [5, 5.41) is 9.07. The monoisotopic (exact) mass is 433 g/mol. The second-order valence-electron chi connectivity index (χ2n) is 8.17. The van der Waals surface area contributed by atoms with Crippen molar-refractivity contribution in [3.8, 4) is 16.9 Å². The first-order valence-electron chi connectivity index (χ1n) is 10.6. The number of nitrogens with zero attached hydrogens (tertiary/aromatic N) is 5. The molecule has 4 heterocycles. The highest BCUT2D eigenvalue weighted by atomic mass is 32.1. The van der Waals surface area contributed by atoms with E-state index in [-0.39, 0.29) is 6.04 Å². The molecule has 0 saturated carbocycles. The molecule has 6 nitrogen and oxygen atoms in total. The SMILES string of the molecule is COc1ccccc1-c1ccc2c([C@@H]3CN(Cc4ccc(C)s4)CCN3C)nnn2c1. The maximum Gasteiger partial charge on any atom is 0.126 e. The molecule has 160 valence electrons. The van der Waals surface area contributed by atoms with Crippen molar-refractivity contribution in [1.82, 2.24) is 24.6 Å². The quantitative estimate of drug-likeness (QED) is 0.471. The smallest absolute Gasteiger partial charge is 0.126 e. The minimum Gasteiger partial charge on any atom is -0.496 e. The lowest BCUT2D eigenvalue weighted by Gasteiger charge is -2.38. The predicted molar refractivity (Wildman–Crippen MR) is 125 cm³/mol. The summed E-state index contributed by atoms with van der Waals surface area (Å²) in [6.45, 7) is 6.22. The zero-order valence-corrected chi connectivity index (χ0v) is 19.0. The van der Waals surface area contributed by atoms with E-state index >= 15 is 0 Å². The Balaban J connectivity index is 1.42. The summed E-state index contributed by atoms with van der Waals surface area (Å²) < 4.78 is 7.43. The van der Waals surface area contributed by atoms with Gasteiger partial charge in [0.05, 0.1) is 18.7 Å². The molecule has 31 heavy (non-hydrogen) atoms. The number of aromatic nitrogens is 3. The van der Waals surface area contributed by atoms with Gasteiger partial charge in [-0.3, -0.25) is 9.80 Å². The Morgan fingerprint density at radius 1 is 1.10 bits per heavy atom. The molecule has 0 aliphatic carbocycles. The van der Waals surface area contributed by atoms with Gasteiger partial charge in [-0.1, -0.05) is 29.5 Å². The number of rotatable bonds is 5. The van der Waals surface area contributed by atoms with Crippen LogP contribution in [-0.2, 0) is 6.54 Å². The number of hydrogen-bond acceptors (Lipinski definition) is 6. The van der Waals surface area contributed by atoms with Crippen molar-refractivity contribution in [3.05, 3.63) is 70.2 Å². The molecule has 1 saturated heterocycles. The van der Waals surface area contributed by atoms with Crippen molar-refractivity contribution in [2.75, 3.05) is 33.8 Å². The lowest BCUT2D eigenvalue weighted by molar-refractivity contribution is 0.0896. The minimum atomic E-state index is 0.226. The van der Waals surface area contributed by atoms with E-state index in [4.69, 9.17) is 4.74 Å². The van der Waals surface area contributed by atoms with E-state index in [1.165, 1.54) is 9.75 Å². The van der Waals surface area contributed by atoms with Gasteiger partial charge < -0.3 is 4.74 Å². The molecule has 7 heteroatoms. The van der Waals surface area contributed by atoms with Crippen molar-refractivity contribution >= 4 is 16.9 Å². The van der Waals surface area contributed by atoms with Crippen molar-refractivity contribution < 1.29 is 4.74 Å². The van der Waals surface area contributed by atoms with Crippen LogP contribution in [0.3, 0.4) is 0 Å². The maximum absolute atomic E-state index is 5.53. The van der Waals surface area contributed by atoms with Gasteiger partial charge >= 0.3 is 0 Å². The lowest BCUT2D eigenvalue weighted by Crippen LogP contribution is -2.46. The van der Waals surface area contributed by atoms with Crippen molar-refractivity contribution in [2.24, 2.45) is 0 Å². The molecular formula is C24H27N5OS. The van der Waals surface area contributed by atoms with Crippen LogP contribution in [0.2, 0.25) is 0 Å². The highest BCUT2D eigenvalue weighted by molar-refractivity contribution is 7.11.